The van der Waals surface area contributed by atoms with Gasteiger partial charge in [0.05, 0.1) is 11.3 Å². The lowest BCUT2D eigenvalue weighted by atomic mass is 10.1. The number of sulfone groups is 1. The van der Waals surface area contributed by atoms with Gasteiger partial charge in [0, 0.05) is 37.9 Å². The van der Waals surface area contributed by atoms with Crippen LogP contribution in [0.2, 0.25) is 0 Å². The first-order valence-electron chi connectivity index (χ1n) is 7.22. The Morgan fingerprint density at radius 2 is 2.08 bits per heavy atom. The van der Waals surface area contributed by atoms with Crippen LogP contribution in [-0.2, 0) is 29.3 Å². The molecule has 1 aliphatic rings. The molecule has 0 saturated heterocycles. The minimum atomic E-state index is -3.60. The summed E-state index contributed by atoms with van der Waals surface area (Å²) in [6, 6.07) is 3.24. The van der Waals surface area contributed by atoms with Crippen LogP contribution in [0.1, 0.15) is 16.8 Å². The minimum absolute atomic E-state index is 0.149. The first-order valence-corrected chi connectivity index (χ1v) is 9.11. The van der Waals surface area contributed by atoms with E-state index in [1.54, 1.807) is 4.90 Å². The summed E-state index contributed by atoms with van der Waals surface area (Å²) < 4.78 is 50.0. The second-order valence-corrected chi connectivity index (χ2v) is 7.70. The van der Waals surface area contributed by atoms with E-state index < -0.39 is 27.0 Å². The Kier molecular flexibility index (Phi) is 4.22. The van der Waals surface area contributed by atoms with Gasteiger partial charge in [0.1, 0.15) is 11.6 Å². The molecule has 2 heterocycles. The third-order valence-corrected chi connectivity index (χ3v) is 4.77. The summed E-state index contributed by atoms with van der Waals surface area (Å²) in [6.07, 6.45) is 1.33. The average Bonchev–Trinajstić information content (AvgIpc) is 2.50. The molecule has 0 amide bonds. The van der Waals surface area contributed by atoms with Crippen molar-refractivity contribution >= 4 is 9.84 Å². The molecule has 6 nitrogen and oxygen atoms in total. The van der Waals surface area contributed by atoms with E-state index in [0.29, 0.717) is 24.2 Å². The van der Waals surface area contributed by atoms with Crippen molar-refractivity contribution in [2.75, 3.05) is 12.8 Å². The van der Waals surface area contributed by atoms with Crippen LogP contribution in [0.25, 0.3) is 0 Å². The molecule has 0 aliphatic carbocycles. The normalized spacial score (nSPS) is 15.3. The highest BCUT2D eigenvalue weighted by Crippen LogP contribution is 2.19. The third kappa shape index (κ3) is 3.36. The number of hydrogen-bond acceptors (Lipinski definition) is 5. The van der Waals surface area contributed by atoms with Crippen LogP contribution in [0, 0.1) is 11.6 Å². The van der Waals surface area contributed by atoms with Crippen molar-refractivity contribution in [2.24, 2.45) is 0 Å². The van der Waals surface area contributed by atoms with Crippen molar-refractivity contribution in [1.82, 2.24) is 14.9 Å². The quantitative estimate of drug-likeness (QED) is 0.831. The molecule has 2 aromatic rings. The second-order valence-electron chi connectivity index (χ2n) is 5.76. The van der Waals surface area contributed by atoms with Crippen molar-refractivity contribution in [3.8, 4) is 0 Å². The zero-order valence-electron chi connectivity index (χ0n) is 12.8. The van der Waals surface area contributed by atoms with Crippen molar-refractivity contribution in [1.29, 1.82) is 0 Å². The van der Waals surface area contributed by atoms with Gasteiger partial charge in [-0.25, -0.2) is 22.2 Å². The molecule has 1 aromatic carbocycles. The summed E-state index contributed by atoms with van der Waals surface area (Å²) in [6.45, 7) is 0.802. The number of H-pyrrole nitrogens is 1. The first-order chi connectivity index (χ1) is 11.2. The van der Waals surface area contributed by atoms with E-state index in [4.69, 9.17) is 0 Å². The summed E-state index contributed by atoms with van der Waals surface area (Å²) in [7, 11) is -3.60. The smallest absolute Gasteiger partial charge is 0.256 e. The zero-order chi connectivity index (χ0) is 17.5. The molecule has 0 bridgehead atoms. The van der Waals surface area contributed by atoms with Crippen molar-refractivity contribution in [3.63, 3.8) is 0 Å². The number of hydrogen-bond donors (Lipinski definition) is 1. The maximum atomic E-state index is 13.7. The number of nitrogens with zero attached hydrogens (tertiary/aromatic N) is 2. The maximum Gasteiger partial charge on any atom is 0.256 e. The monoisotopic (exact) mass is 355 g/mol. The highest BCUT2D eigenvalue weighted by atomic mass is 32.2. The van der Waals surface area contributed by atoms with E-state index >= 15 is 0 Å². The van der Waals surface area contributed by atoms with Crippen LogP contribution < -0.4 is 5.56 Å². The maximum absolute atomic E-state index is 13.7. The molecular formula is C15H15F2N3O3S. The third-order valence-electron chi connectivity index (χ3n) is 3.88. The standard InChI is InChI=1S/C15H15F2N3O3S/c1-24(22,23)15-18-13-4-5-20(8-11(13)14(21)19-15)7-9-6-10(16)2-3-12(9)17/h2-3,6H,4-5,7-8H2,1H3,(H,18,19,21). The van der Waals surface area contributed by atoms with E-state index in [9.17, 15) is 22.0 Å². The van der Waals surface area contributed by atoms with Gasteiger partial charge >= 0.3 is 0 Å². The van der Waals surface area contributed by atoms with Gasteiger partial charge in [0.15, 0.2) is 0 Å². The van der Waals surface area contributed by atoms with Gasteiger partial charge < -0.3 is 0 Å². The average molecular weight is 355 g/mol. The van der Waals surface area contributed by atoms with Crippen molar-refractivity contribution in [2.45, 2.75) is 24.7 Å². The Hall–Kier alpha value is -2.13. The minimum Gasteiger partial charge on any atom is -0.297 e. The first kappa shape index (κ1) is 16.7. The number of aromatic amines is 1. The van der Waals surface area contributed by atoms with Gasteiger partial charge in [-0.15, -0.1) is 0 Å². The number of benzene rings is 1. The molecule has 0 fully saturated rings. The molecule has 0 radical (unpaired) electrons. The van der Waals surface area contributed by atoms with Crippen LogP contribution in [-0.4, -0.2) is 36.1 Å². The number of halogens is 2. The van der Waals surface area contributed by atoms with Crippen LogP contribution >= 0.6 is 0 Å². The largest absolute Gasteiger partial charge is 0.297 e. The topological polar surface area (TPSA) is 83.1 Å². The summed E-state index contributed by atoms with van der Waals surface area (Å²) in [5.41, 5.74) is 0.459. The summed E-state index contributed by atoms with van der Waals surface area (Å²) in [5.74, 6) is -1.04. The molecule has 1 aliphatic heterocycles. The molecule has 1 N–H and O–H groups in total. The predicted molar refractivity (Wildman–Crippen MR) is 82.1 cm³/mol. The zero-order valence-corrected chi connectivity index (χ0v) is 13.7. The SMILES string of the molecule is CS(=O)(=O)c1nc2c(c(=O)[nH]1)CN(Cc1cc(F)ccc1F)CC2. The molecule has 0 atom stereocenters. The van der Waals surface area contributed by atoms with Gasteiger partial charge in [0.2, 0.25) is 15.0 Å². The van der Waals surface area contributed by atoms with Gasteiger partial charge in [-0.2, -0.15) is 0 Å². The van der Waals surface area contributed by atoms with E-state index in [-0.39, 0.29) is 23.8 Å². The van der Waals surface area contributed by atoms with Crippen LogP contribution in [0.15, 0.2) is 28.2 Å². The highest BCUT2D eigenvalue weighted by Gasteiger charge is 2.24. The number of nitrogens with one attached hydrogen (secondary N) is 1. The summed E-state index contributed by atoms with van der Waals surface area (Å²) in [4.78, 5) is 20.2. The van der Waals surface area contributed by atoms with E-state index in [0.717, 1.165) is 24.5 Å². The molecular weight excluding hydrogens is 340 g/mol. The molecule has 1 aromatic heterocycles. The molecule has 0 saturated carbocycles. The van der Waals surface area contributed by atoms with Crippen LogP contribution in [0.5, 0.6) is 0 Å². The summed E-state index contributed by atoms with van der Waals surface area (Å²) >= 11 is 0. The highest BCUT2D eigenvalue weighted by molar-refractivity contribution is 7.90. The molecule has 128 valence electrons. The molecule has 9 heteroatoms. The van der Waals surface area contributed by atoms with E-state index in [1.165, 1.54) is 0 Å². The fraction of sp³-hybridized carbons (Fsp3) is 0.333. The second kappa shape index (κ2) is 6.06. The lowest BCUT2D eigenvalue weighted by Gasteiger charge is -2.27. The predicted octanol–water partition coefficient (Wildman–Crippen LogP) is 1.01. The van der Waals surface area contributed by atoms with Crippen molar-refractivity contribution < 1.29 is 17.2 Å². The number of fused-ring (bicyclic) bond motifs is 1. The Morgan fingerprint density at radius 3 is 2.79 bits per heavy atom. The Morgan fingerprint density at radius 1 is 1.33 bits per heavy atom. The Labute approximate surface area is 137 Å². The fourth-order valence-electron chi connectivity index (χ4n) is 2.67. The Balaban J connectivity index is 1.87. The van der Waals surface area contributed by atoms with Gasteiger partial charge in [0.25, 0.3) is 5.56 Å². The van der Waals surface area contributed by atoms with Gasteiger partial charge in [-0.05, 0) is 18.2 Å². The molecule has 24 heavy (non-hydrogen) atoms. The van der Waals surface area contributed by atoms with Crippen LogP contribution in [0.3, 0.4) is 0 Å². The lowest BCUT2D eigenvalue weighted by Crippen LogP contribution is -2.36. The van der Waals surface area contributed by atoms with Gasteiger partial charge in [-0.1, -0.05) is 0 Å². The molecule has 0 spiro atoms. The lowest BCUT2D eigenvalue weighted by molar-refractivity contribution is 0.237. The number of rotatable bonds is 3. The fourth-order valence-corrected chi connectivity index (χ4v) is 3.23. The molecule has 3 rings (SSSR count). The Bertz CT molecular complexity index is 957. The summed E-state index contributed by atoms with van der Waals surface area (Å²) in [5, 5.41) is -0.351. The molecule has 0 unspecified atom stereocenters. The number of aromatic nitrogens is 2. The van der Waals surface area contributed by atoms with E-state index in [2.05, 4.69) is 9.97 Å². The van der Waals surface area contributed by atoms with E-state index in [1.807, 2.05) is 0 Å². The van der Waals surface area contributed by atoms with Crippen LogP contribution in [0.4, 0.5) is 8.78 Å². The van der Waals surface area contributed by atoms with Crippen molar-refractivity contribution in [3.05, 3.63) is 57.0 Å². The van der Waals surface area contributed by atoms with Gasteiger partial charge in [-0.3, -0.25) is 14.7 Å².